The number of amides is 1. The Labute approximate surface area is 175 Å². The predicted molar refractivity (Wildman–Crippen MR) is 119 cm³/mol. The molecule has 0 atom stereocenters. The summed E-state index contributed by atoms with van der Waals surface area (Å²) in [6.45, 7) is 5.97. The van der Waals surface area contributed by atoms with Crippen molar-refractivity contribution < 1.29 is 4.79 Å². The highest BCUT2D eigenvalue weighted by atomic mass is 16.1. The second-order valence-electron chi connectivity index (χ2n) is 8.17. The van der Waals surface area contributed by atoms with E-state index in [1.165, 1.54) is 0 Å². The first-order chi connectivity index (χ1) is 14.5. The molecule has 0 spiro atoms. The van der Waals surface area contributed by atoms with Crippen LogP contribution in [0.3, 0.4) is 0 Å². The molecule has 1 saturated carbocycles. The van der Waals surface area contributed by atoms with E-state index in [4.69, 9.17) is 10.1 Å². The fraction of sp³-hybridized carbons (Fsp3) is 0.240. The van der Waals surface area contributed by atoms with E-state index in [2.05, 4.69) is 11.4 Å². The summed E-state index contributed by atoms with van der Waals surface area (Å²) in [5.41, 5.74) is 7.10. The molecule has 0 radical (unpaired) electrons. The lowest BCUT2D eigenvalue weighted by Gasteiger charge is -2.12. The Kier molecular flexibility index (Phi) is 4.39. The number of nitrogens with zero attached hydrogens (tertiary/aromatic N) is 3. The molecule has 0 bridgehead atoms. The maximum absolute atomic E-state index is 13.4. The van der Waals surface area contributed by atoms with Crippen molar-refractivity contribution in [3.63, 3.8) is 0 Å². The van der Waals surface area contributed by atoms with Gasteiger partial charge in [0.2, 0.25) is 0 Å². The first-order valence-electron chi connectivity index (χ1n) is 10.4. The Balaban J connectivity index is 1.66. The maximum atomic E-state index is 13.4. The lowest BCUT2D eigenvalue weighted by molar-refractivity contribution is 0.102. The molecule has 4 aromatic rings. The van der Waals surface area contributed by atoms with Crippen LogP contribution in [0.1, 0.15) is 51.6 Å². The number of carbonyl (C=O) groups is 1. The SMILES string of the molecule is Cc1ccc(C)c(NC(=O)c2cc(C3CC3)nc3c2c(C)nn3-c2ccccc2)c1. The molecule has 5 nitrogen and oxygen atoms in total. The molecular formula is C25H24N4O. The number of benzene rings is 2. The molecular weight excluding hydrogens is 372 g/mol. The Morgan fingerprint density at radius 1 is 1.03 bits per heavy atom. The van der Waals surface area contributed by atoms with Gasteiger partial charge in [-0.1, -0.05) is 30.3 Å². The van der Waals surface area contributed by atoms with Gasteiger partial charge in [-0.3, -0.25) is 4.79 Å². The van der Waals surface area contributed by atoms with Crippen LogP contribution in [0.15, 0.2) is 54.6 Å². The van der Waals surface area contributed by atoms with Crippen LogP contribution in [0.5, 0.6) is 0 Å². The third kappa shape index (κ3) is 3.26. The normalized spacial score (nSPS) is 13.6. The lowest BCUT2D eigenvalue weighted by Crippen LogP contribution is -2.14. The fourth-order valence-electron chi connectivity index (χ4n) is 3.88. The van der Waals surface area contributed by atoms with Crippen molar-refractivity contribution in [2.75, 3.05) is 5.32 Å². The molecule has 1 aliphatic rings. The zero-order valence-corrected chi connectivity index (χ0v) is 17.4. The number of aryl methyl sites for hydroxylation is 3. The van der Waals surface area contributed by atoms with Gasteiger partial charge < -0.3 is 5.32 Å². The quantitative estimate of drug-likeness (QED) is 0.497. The molecule has 2 heterocycles. The van der Waals surface area contributed by atoms with Crippen molar-refractivity contribution in [2.24, 2.45) is 0 Å². The first-order valence-corrected chi connectivity index (χ1v) is 10.4. The average Bonchev–Trinajstić information content (AvgIpc) is 3.54. The number of rotatable bonds is 4. The van der Waals surface area contributed by atoms with Gasteiger partial charge in [-0.2, -0.15) is 5.10 Å². The smallest absolute Gasteiger partial charge is 0.256 e. The average molecular weight is 396 g/mol. The number of anilines is 1. The van der Waals surface area contributed by atoms with Crippen molar-refractivity contribution in [1.82, 2.24) is 14.8 Å². The van der Waals surface area contributed by atoms with Gasteiger partial charge in [0.15, 0.2) is 5.65 Å². The molecule has 1 fully saturated rings. The zero-order chi connectivity index (χ0) is 20.8. The van der Waals surface area contributed by atoms with E-state index < -0.39 is 0 Å². The van der Waals surface area contributed by atoms with E-state index in [0.29, 0.717) is 11.5 Å². The number of pyridine rings is 1. The largest absolute Gasteiger partial charge is 0.322 e. The van der Waals surface area contributed by atoms with Crippen molar-refractivity contribution in [3.8, 4) is 5.69 Å². The Morgan fingerprint density at radius 3 is 2.53 bits per heavy atom. The Morgan fingerprint density at radius 2 is 1.80 bits per heavy atom. The van der Waals surface area contributed by atoms with Gasteiger partial charge >= 0.3 is 0 Å². The lowest BCUT2D eigenvalue weighted by atomic mass is 10.1. The summed E-state index contributed by atoms with van der Waals surface area (Å²) < 4.78 is 1.85. The van der Waals surface area contributed by atoms with Crippen molar-refractivity contribution in [3.05, 3.63) is 82.7 Å². The molecule has 0 saturated heterocycles. The zero-order valence-electron chi connectivity index (χ0n) is 17.4. The summed E-state index contributed by atoms with van der Waals surface area (Å²) >= 11 is 0. The van der Waals surface area contributed by atoms with Crippen LogP contribution in [-0.4, -0.2) is 20.7 Å². The summed E-state index contributed by atoms with van der Waals surface area (Å²) in [4.78, 5) is 18.3. The molecule has 1 aliphatic carbocycles. The van der Waals surface area contributed by atoms with Crippen LogP contribution in [-0.2, 0) is 0 Å². The second-order valence-corrected chi connectivity index (χ2v) is 8.17. The van der Waals surface area contributed by atoms with E-state index in [9.17, 15) is 4.79 Å². The Hall–Kier alpha value is -3.47. The van der Waals surface area contributed by atoms with Crippen molar-refractivity contribution >= 4 is 22.6 Å². The van der Waals surface area contributed by atoms with Crippen LogP contribution >= 0.6 is 0 Å². The fourth-order valence-corrected chi connectivity index (χ4v) is 3.88. The molecule has 1 N–H and O–H groups in total. The third-order valence-electron chi connectivity index (χ3n) is 5.71. The summed E-state index contributed by atoms with van der Waals surface area (Å²) in [5, 5.41) is 8.67. The number of para-hydroxylation sites is 1. The molecule has 0 aliphatic heterocycles. The van der Waals surface area contributed by atoms with Crippen molar-refractivity contribution in [1.29, 1.82) is 0 Å². The van der Waals surface area contributed by atoms with Gasteiger partial charge in [-0.25, -0.2) is 9.67 Å². The van der Waals surface area contributed by atoms with Gasteiger partial charge in [0.25, 0.3) is 5.91 Å². The number of hydrogen-bond acceptors (Lipinski definition) is 3. The third-order valence-corrected chi connectivity index (χ3v) is 5.71. The van der Waals surface area contributed by atoms with Gasteiger partial charge in [-0.05, 0) is 69.0 Å². The van der Waals surface area contributed by atoms with Crippen LogP contribution in [0, 0.1) is 20.8 Å². The second kappa shape index (κ2) is 7.10. The van der Waals surface area contributed by atoms with Crippen LogP contribution in [0.4, 0.5) is 5.69 Å². The van der Waals surface area contributed by atoms with E-state index in [0.717, 1.165) is 57.8 Å². The van der Waals surface area contributed by atoms with Crippen LogP contribution < -0.4 is 5.32 Å². The molecule has 30 heavy (non-hydrogen) atoms. The molecule has 2 aromatic heterocycles. The first kappa shape index (κ1) is 18.6. The van der Waals surface area contributed by atoms with Crippen LogP contribution in [0.25, 0.3) is 16.7 Å². The number of fused-ring (bicyclic) bond motifs is 1. The Bertz CT molecular complexity index is 1270. The highest BCUT2D eigenvalue weighted by Crippen LogP contribution is 2.41. The van der Waals surface area contributed by atoms with E-state index in [1.807, 2.05) is 74.0 Å². The minimum atomic E-state index is -0.117. The minimum Gasteiger partial charge on any atom is -0.322 e. The van der Waals surface area contributed by atoms with E-state index >= 15 is 0 Å². The summed E-state index contributed by atoms with van der Waals surface area (Å²) in [6, 6.07) is 18.0. The molecule has 2 aromatic carbocycles. The maximum Gasteiger partial charge on any atom is 0.256 e. The highest BCUT2D eigenvalue weighted by molar-refractivity contribution is 6.13. The van der Waals surface area contributed by atoms with E-state index in [-0.39, 0.29) is 5.91 Å². The number of hydrogen-bond donors (Lipinski definition) is 1. The molecule has 0 unspecified atom stereocenters. The van der Waals surface area contributed by atoms with E-state index in [1.54, 1.807) is 0 Å². The molecule has 5 rings (SSSR count). The molecule has 1 amide bonds. The standard InChI is InChI=1S/C25H24N4O/c1-15-9-10-16(2)21(13-15)27-25(30)20-14-22(18-11-12-18)26-24-23(20)17(3)28-29(24)19-7-5-4-6-8-19/h4-10,13-14,18H,11-12H2,1-3H3,(H,27,30). The highest BCUT2D eigenvalue weighted by Gasteiger charge is 2.29. The van der Waals surface area contributed by atoms with Gasteiger partial charge in [0.1, 0.15) is 0 Å². The van der Waals surface area contributed by atoms with Crippen molar-refractivity contribution in [2.45, 2.75) is 39.5 Å². The van der Waals surface area contributed by atoms with Gasteiger partial charge in [0.05, 0.1) is 22.3 Å². The molecule has 5 heteroatoms. The number of nitrogens with one attached hydrogen (secondary N) is 1. The number of aromatic nitrogens is 3. The molecule has 150 valence electrons. The topological polar surface area (TPSA) is 59.8 Å². The minimum absolute atomic E-state index is 0.117. The van der Waals surface area contributed by atoms with Crippen LogP contribution in [0.2, 0.25) is 0 Å². The summed E-state index contributed by atoms with van der Waals surface area (Å²) in [6.07, 6.45) is 2.24. The van der Waals surface area contributed by atoms with Gasteiger partial charge in [-0.15, -0.1) is 0 Å². The van der Waals surface area contributed by atoms with Gasteiger partial charge in [0, 0.05) is 17.3 Å². The predicted octanol–water partition coefficient (Wildman–Crippen LogP) is 5.48. The monoisotopic (exact) mass is 396 g/mol. The summed E-state index contributed by atoms with van der Waals surface area (Å²) in [5.74, 6) is 0.315. The summed E-state index contributed by atoms with van der Waals surface area (Å²) in [7, 11) is 0. The number of carbonyl (C=O) groups excluding carboxylic acids is 1.